The number of piperidine rings is 1. The third-order valence-electron chi connectivity index (χ3n) is 7.55. The molecule has 0 spiro atoms. The summed E-state index contributed by atoms with van der Waals surface area (Å²) in [7, 11) is 0. The predicted octanol–water partition coefficient (Wildman–Crippen LogP) is 2.56. The minimum atomic E-state index is -0.655. The normalized spacial score (nSPS) is 22.7. The molecular weight excluding hydrogens is 488 g/mol. The minimum Gasteiger partial charge on any atom is -0.493 e. The van der Waals surface area contributed by atoms with Crippen LogP contribution in [0.4, 0.5) is 10.5 Å². The van der Waals surface area contributed by atoms with Crippen LogP contribution < -0.4 is 20.7 Å². The zero-order valence-corrected chi connectivity index (χ0v) is 21.1. The molecule has 200 valence electrons. The van der Waals surface area contributed by atoms with Gasteiger partial charge < -0.3 is 25.4 Å². The molecule has 1 aliphatic carbocycles. The number of aliphatic hydroxyl groups is 1. The van der Waals surface area contributed by atoms with E-state index in [2.05, 4.69) is 16.0 Å². The predicted molar refractivity (Wildman–Crippen MR) is 138 cm³/mol. The summed E-state index contributed by atoms with van der Waals surface area (Å²) in [5.74, 6) is 0.613. The maximum Gasteiger partial charge on any atom is 0.319 e. The molecule has 2 aromatic rings. The van der Waals surface area contributed by atoms with E-state index in [9.17, 15) is 24.3 Å². The minimum absolute atomic E-state index is 0.211. The van der Waals surface area contributed by atoms with Crippen LogP contribution in [0.2, 0.25) is 0 Å². The summed E-state index contributed by atoms with van der Waals surface area (Å²) in [5.41, 5.74) is 2.79. The Kier molecular flexibility index (Phi) is 7.59. The number of nitrogens with zero attached hydrogens (tertiary/aromatic N) is 1. The number of rotatable bonds is 8. The Labute approximate surface area is 220 Å². The van der Waals surface area contributed by atoms with Gasteiger partial charge in [0.25, 0.3) is 5.91 Å². The standard InChI is InChI=1S/C28H32N4O6/c33-15-18-1-2-19(11-18)16-38-22-6-4-21(5-7-22)30-28(37)29-13-17-3-8-23-20(12-17)14-32(27(23)36)24-9-10-25(34)31-26(24)35/h3-8,12,18-19,24,33H,1-2,9-11,13-16H2,(H2,29,30,37)(H,31,34,35)/t18-,19+,24+/m0/s1. The third-order valence-corrected chi connectivity index (χ3v) is 7.55. The van der Waals surface area contributed by atoms with Crippen LogP contribution in [0, 0.1) is 11.8 Å². The van der Waals surface area contributed by atoms with Crippen LogP contribution in [-0.2, 0) is 22.7 Å². The molecular formula is C28H32N4O6. The number of hydrogen-bond acceptors (Lipinski definition) is 6. The molecule has 2 heterocycles. The molecule has 0 radical (unpaired) electrons. The van der Waals surface area contributed by atoms with Gasteiger partial charge in [0.15, 0.2) is 0 Å². The molecule has 10 nitrogen and oxygen atoms in total. The molecule has 0 unspecified atom stereocenters. The summed E-state index contributed by atoms with van der Waals surface area (Å²) in [6, 6.07) is 11.5. The second-order valence-electron chi connectivity index (χ2n) is 10.3. The van der Waals surface area contributed by atoms with Crippen LogP contribution in [0.1, 0.15) is 53.6 Å². The molecule has 5 amide bonds. The van der Waals surface area contributed by atoms with Gasteiger partial charge in [-0.05, 0) is 79.0 Å². The number of imide groups is 1. The van der Waals surface area contributed by atoms with Gasteiger partial charge in [-0.1, -0.05) is 12.1 Å². The summed E-state index contributed by atoms with van der Waals surface area (Å²) in [6.07, 6.45) is 3.64. The lowest BCUT2D eigenvalue weighted by Crippen LogP contribution is -2.52. The van der Waals surface area contributed by atoms with E-state index in [0.717, 1.165) is 36.1 Å². The SMILES string of the molecule is O=C1CC[C@@H](N2Cc3cc(CNC(=O)Nc4ccc(OC[C@@H]5CC[C@H](CO)C5)cc4)ccc3C2=O)C(=O)N1. The number of hydrogen-bond donors (Lipinski definition) is 4. The van der Waals surface area contributed by atoms with Gasteiger partial charge in [-0.3, -0.25) is 19.7 Å². The summed E-state index contributed by atoms with van der Waals surface area (Å²) in [6.45, 7) is 1.43. The van der Waals surface area contributed by atoms with Crippen molar-refractivity contribution >= 4 is 29.4 Å². The van der Waals surface area contributed by atoms with Crippen molar-refractivity contribution in [1.29, 1.82) is 0 Å². The maximum atomic E-state index is 12.8. The zero-order chi connectivity index (χ0) is 26.6. The average molecular weight is 521 g/mol. The largest absolute Gasteiger partial charge is 0.493 e. The Bertz CT molecular complexity index is 1230. The van der Waals surface area contributed by atoms with E-state index in [-0.39, 0.29) is 44.0 Å². The number of amides is 5. The van der Waals surface area contributed by atoms with Gasteiger partial charge >= 0.3 is 6.03 Å². The Morgan fingerprint density at radius 1 is 1.05 bits per heavy atom. The van der Waals surface area contributed by atoms with Gasteiger partial charge in [0.2, 0.25) is 11.8 Å². The fourth-order valence-electron chi connectivity index (χ4n) is 5.44. The highest BCUT2D eigenvalue weighted by molar-refractivity contribution is 6.05. The molecule has 38 heavy (non-hydrogen) atoms. The first-order valence-corrected chi connectivity index (χ1v) is 13.0. The van der Waals surface area contributed by atoms with Crippen molar-refractivity contribution in [2.24, 2.45) is 11.8 Å². The quantitative estimate of drug-likeness (QED) is 0.395. The number of aliphatic hydroxyl groups excluding tert-OH is 1. The highest BCUT2D eigenvalue weighted by Gasteiger charge is 2.39. The lowest BCUT2D eigenvalue weighted by Gasteiger charge is -2.29. The van der Waals surface area contributed by atoms with Gasteiger partial charge in [-0.25, -0.2) is 4.79 Å². The van der Waals surface area contributed by atoms with Gasteiger partial charge in [0.05, 0.1) is 6.61 Å². The number of urea groups is 1. The van der Waals surface area contributed by atoms with Gasteiger partial charge in [0.1, 0.15) is 11.8 Å². The van der Waals surface area contributed by atoms with Crippen LogP contribution in [0.3, 0.4) is 0 Å². The second kappa shape index (κ2) is 11.2. The van der Waals surface area contributed by atoms with Crippen molar-refractivity contribution in [3.63, 3.8) is 0 Å². The number of anilines is 1. The summed E-state index contributed by atoms with van der Waals surface area (Å²) in [4.78, 5) is 50.4. The molecule has 1 saturated heterocycles. The highest BCUT2D eigenvalue weighted by atomic mass is 16.5. The van der Waals surface area contributed by atoms with Crippen LogP contribution >= 0.6 is 0 Å². The number of carbonyl (C=O) groups excluding carboxylic acids is 4. The van der Waals surface area contributed by atoms with Crippen molar-refractivity contribution in [3.05, 3.63) is 59.2 Å². The van der Waals surface area contributed by atoms with Crippen molar-refractivity contribution in [3.8, 4) is 5.75 Å². The van der Waals surface area contributed by atoms with E-state index >= 15 is 0 Å². The maximum absolute atomic E-state index is 12.8. The Balaban J connectivity index is 1.09. The monoisotopic (exact) mass is 520 g/mol. The van der Waals surface area contributed by atoms with E-state index in [0.29, 0.717) is 36.1 Å². The number of ether oxygens (including phenoxy) is 1. The fraction of sp³-hybridized carbons (Fsp3) is 0.429. The smallest absolute Gasteiger partial charge is 0.319 e. The van der Waals surface area contributed by atoms with Crippen LogP contribution in [-0.4, -0.2) is 53.0 Å². The van der Waals surface area contributed by atoms with Crippen molar-refractivity contribution in [2.75, 3.05) is 18.5 Å². The topological polar surface area (TPSA) is 137 Å². The van der Waals surface area contributed by atoms with Crippen LogP contribution in [0.25, 0.3) is 0 Å². The average Bonchev–Trinajstić information content (AvgIpc) is 3.51. The second-order valence-corrected chi connectivity index (χ2v) is 10.3. The molecule has 5 rings (SSSR count). The zero-order valence-electron chi connectivity index (χ0n) is 21.1. The summed E-state index contributed by atoms with van der Waals surface area (Å²) < 4.78 is 5.87. The molecule has 1 saturated carbocycles. The van der Waals surface area contributed by atoms with Crippen molar-refractivity contribution in [2.45, 2.75) is 51.2 Å². The van der Waals surface area contributed by atoms with Gasteiger partial charge in [-0.2, -0.15) is 0 Å². The Morgan fingerprint density at radius 2 is 1.84 bits per heavy atom. The lowest BCUT2D eigenvalue weighted by atomic mass is 10.0. The third kappa shape index (κ3) is 5.80. The Hall–Kier alpha value is -3.92. The molecule has 3 atom stereocenters. The molecule has 2 fully saturated rings. The first kappa shape index (κ1) is 25.7. The lowest BCUT2D eigenvalue weighted by molar-refractivity contribution is -0.136. The molecule has 10 heteroatoms. The fourth-order valence-corrected chi connectivity index (χ4v) is 5.44. The highest BCUT2D eigenvalue weighted by Crippen LogP contribution is 2.31. The van der Waals surface area contributed by atoms with E-state index in [1.165, 1.54) is 4.90 Å². The molecule has 0 bridgehead atoms. The summed E-state index contributed by atoms with van der Waals surface area (Å²) in [5, 5.41) is 17.2. The van der Waals surface area contributed by atoms with Crippen molar-refractivity contribution in [1.82, 2.24) is 15.5 Å². The van der Waals surface area contributed by atoms with E-state index in [1.54, 1.807) is 24.3 Å². The van der Waals surface area contributed by atoms with Crippen LogP contribution in [0.15, 0.2) is 42.5 Å². The molecule has 2 aliphatic heterocycles. The summed E-state index contributed by atoms with van der Waals surface area (Å²) >= 11 is 0. The van der Waals surface area contributed by atoms with Crippen LogP contribution in [0.5, 0.6) is 5.75 Å². The number of fused-ring (bicyclic) bond motifs is 1. The first-order chi connectivity index (χ1) is 18.4. The Morgan fingerprint density at radius 3 is 2.58 bits per heavy atom. The molecule has 4 N–H and O–H groups in total. The van der Waals surface area contributed by atoms with Crippen molar-refractivity contribution < 1.29 is 29.0 Å². The number of carbonyl (C=O) groups is 4. The van der Waals surface area contributed by atoms with E-state index in [4.69, 9.17) is 4.74 Å². The number of nitrogens with one attached hydrogen (secondary N) is 3. The van der Waals surface area contributed by atoms with E-state index in [1.807, 2.05) is 18.2 Å². The first-order valence-electron chi connectivity index (χ1n) is 13.0. The number of benzene rings is 2. The van der Waals surface area contributed by atoms with E-state index < -0.39 is 11.9 Å². The van der Waals surface area contributed by atoms with Gasteiger partial charge in [-0.15, -0.1) is 0 Å². The molecule has 0 aromatic heterocycles. The molecule has 3 aliphatic rings. The van der Waals surface area contributed by atoms with Gasteiger partial charge in [0, 0.05) is 37.4 Å². The molecule has 2 aromatic carbocycles.